The number of hydrogen-bond acceptors (Lipinski definition) is 2. The zero-order valence-electron chi connectivity index (χ0n) is 11.1. The Hall–Kier alpha value is -1.32. The Kier molecular flexibility index (Phi) is 4.73. The second-order valence-electron chi connectivity index (χ2n) is 5.19. The number of imidazole rings is 1. The van der Waals surface area contributed by atoms with Crippen LogP contribution in [0.3, 0.4) is 0 Å². The van der Waals surface area contributed by atoms with Gasteiger partial charge in [-0.05, 0) is 18.3 Å². The van der Waals surface area contributed by atoms with Crippen molar-refractivity contribution in [2.45, 2.75) is 52.9 Å². The molecule has 0 saturated carbocycles. The van der Waals surface area contributed by atoms with E-state index in [1.165, 1.54) is 0 Å². The van der Waals surface area contributed by atoms with E-state index in [2.05, 4.69) is 37.7 Å². The molecule has 0 spiro atoms. The number of aryl methyl sites for hydroxylation is 1. The summed E-state index contributed by atoms with van der Waals surface area (Å²) in [6.45, 7) is 8.56. The zero-order chi connectivity index (χ0) is 13.0. The van der Waals surface area contributed by atoms with Gasteiger partial charge in [0.1, 0.15) is 5.82 Å². The van der Waals surface area contributed by atoms with E-state index in [1.54, 1.807) is 0 Å². The molecule has 0 saturated heterocycles. The van der Waals surface area contributed by atoms with Crippen molar-refractivity contribution in [3.8, 4) is 0 Å². The van der Waals surface area contributed by atoms with Gasteiger partial charge in [0.15, 0.2) is 0 Å². The summed E-state index contributed by atoms with van der Waals surface area (Å²) in [6.07, 6.45) is 1.58. The smallest absolute Gasteiger partial charge is 0.303 e. The predicted molar refractivity (Wildman–Crippen MR) is 67.2 cm³/mol. The van der Waals surface area contributed by atoms with Crippen molar-refractivity contribution in [3.63, 3.8) is 0 Å². The van der Waals surface area contributed by atoms with Crippen LogP contribution in [-0.4, -0.2) is 21.0 Å². The first-order valence-corrected chi connectivity index (χ1v) is 6.19. The Bertz CT molecular complexity index is 381. The van der Waals surface area contributed by atoms with E-state index in [1.807, 2.05) is 0 Å². The van der Waals surface area contributed by atoms with Gasteiger partial charge in [-0.25, -0.2) is 4.98 Å². The summed E-state index contributed by atoms with van der Waals surface area (Å²) in [7, 11) is 0. The molecule has 0 radical (unpaired) electrons. The highest BCUT2D eigenvalue weighted by Crippen LogP contribution is 2.20. The van der Waals surface area contributed by atoms with Gasteiger partial charge in [-0.3, -0.25) is 4.79 Å². The van der Waals surface area contributed by atoms with Crippen molar-refractivity contribution in [3.05, 3.63) is 17.2 Å². The summed E-state index contributed by atoms with van der Waals surface area (Å²) in [5.41, 5.74) is 2.24. The monoisotopic (exact) mass is 238 g/mol. The Labute approximate surface area is 102 Å². The Balaban J connectivity index is 2.83. The van der Waals surface area contributed by atoms with Crippen molar-refractivity contribution in [1.29, 1.82) is 0 Å². The van der Waals surface area contributed by atoms with E-state index in [-0.39, 0.29) is 6.42 Å². The standard InChI is InChI=1S/C13H22N2O2/c1-8(2)7-10-13(9(3)4)15-11(14-10)5-6-12(16)17/h8-9H,5-7H2,1-4H3,(H,14,15)(H,16,17). The molecule has 0 aliphatic rings. The van der Waals surface area contributed by atoms with Gasteiger partial charge < -0.3 is 10.1 Å². The van der Waals surface area contributed by atoms with Gasteiger partial charge in [0, 0.05) is 12.1 Å². The highest BCUT2D eigenvalue weighted by molar-refractivity contribution is 5.66. The molecule has 1 rings (SSSR count). The van der Waals surface area contributed by atoms with Crippen molar-refractivity contribution in [2.24, 2.45) is 5.92 Å². The van der Waals surface area contributed by atoms with Gasteiger partial charge >= 0.3 is 5.97 Å². The number of rotatable bonds is 6. The van der Waals surface area contributed by atoms with Crippen LogP contribution in [0.5, 0.6) is 0 Å². The van der Waals surface area contributed by atoms with Crippen LogP contribution in [0.15, 0.2) is 0 Å². The van der Waals surface area contributed by atoms with Gasteiger partial charge in [0.25, 0.3) is 0 Å². The topological polar surface area (TPSA) is 66.0 Å². The number of H-pyrrole nitrogens is 1. The maximum absolute atomic E-state index is 10.5. The third-order valence-electron chi connectivity index (χ3n) is 2.59. The van der Waals surface area contributed by atoms with E-state index >= 15 is 0 Å². The fourth-order valence-electron chi connectivity index (χ4n) is 1.86. The summed E-state index contributed by atoms with van der Waals surface area (Å²) in [5, 5.41) is 8.66. The van der Waals surface area contributed by atoms with Gasteiger partial charge in [0.05, 0.1) is 12.1 Å². The molecule has 0 bridgehead atoms. The minimum absolute atomic E-state index is 0.131. The predicted octanol–water partition coefficient (Wildman–Crippen LogP) is 2.75. The number of aromatic nitrogens is 2. The SMILES string of the molecule is CC(C)Cc1[nH]c(CCC(=O)O)nc1C(C)C. The van der Waals surface area contributed by atoms with Crippen LogP contribution in [0.2, 0.25) is 0 Å². The first-order valence-electron chi connectivity index (χ1n) is 6.19. The molecular weight excluding hydrogens is 216 g/mol. The molecule has 0 aliphatic heterocycles. The third kappa shape index (κ3) is 4.21. The molecule has 0 fully saturated rings. The zero-order valence-corrected chi connectivity index (χ0v) is 11.1. The highest BCUT2D eigenvalue weighted by atomic mass is 16.4. The second-order valence-corrected chi connectivity index (χ2v) is 5.19. The Morgan fingerprint density at radius 3 is 2.47 bits per heavy atom. The minimum Gasteiger partial charge on any atom is -0.481 e. The molecule has 1 heterocycles. The van der Waals surface area contributed by atoms with Gasteiger partial charge in [-0.1, -0.05) is 27.7 Å². The van der Waals surface area contributed by atoms with Crippen LogP contribution in [0.1, 0.15) is 57.2 Å². The average Bonchev–Trinajstić information content (AvgIpc) is 2.57. The van der Waals surface area contributed by atoms with Crippen LogP contribution in [0.4, 0.5) is 0 Å². The minimum atomic E-state index is -0.780. The van der Waals surface area contributed by atoms with Crippen LogP contribution in [-0.2, 0) is 17.6 Å². The van der Waals surface area contributed by atoms with E-state index in [9.17, 15) is 4.79 Å². The number of nitrogens with zero attached hydrogens (tertiary/aromatic N) is 1. The summed E-state index contributed by atoms with van der Waals surface area (Å²) in [4.78, 5) is 18.3. The van der Waals surface area contributed by atoms with E-state index in [4.69, 9.17) is 5.11 Å². The summed E-state index contributed by atoms with van der Waals surface area (Å²) >= 11 is 0. The molecular formula is C13H22N2O2. The number of hydrogen-bond donors (Lipinski definition) is 2. The molecule has 1 aromatic heterocycles. The number of carboxylic acids is 1. The van der Waals surface area contributed by atoms with Crippen LogP contribution >= 0.6 is 0 Å². The van der Waals surface area contributed by atoms with Crippen LogP contribution in [0.25, 0.3) is 0 Å². The van der Waals surface area contributed by atoms with Gasteiger partial charge in [0.2, 0.25) is 0 Å². The normalized spacial score (nSPS) is 11.4. The third-order valence-corrected chi connectivity index (χ3v) is 2.59. The summed E-state index contributed by atoms with van der Waals surface area (Å²) < 4.78 is 0. The Morgan fingerprint density at radius 1 is 1.35 bits per heavy atom. The van der Waals surface area contributed by atoms with Crippen molar-refractivity contribution in [1.82, 2.24) is 9.97 Å². The van der Waals surface area contributed by atoms with E-state index in [0.29, 0.717) is 18.3 Å². The summed E-state index contributed by atoms with van der Waals surface area (Å²) in [5.74, 6) is 0.962. The molecule has 2 N–H and O–H groups in total. The van der Waals surface area contributed by atoms with E-state index < -0.39 is 5.97 Å². The van der Waals surface area contributed by atoms with Gasteiger partial charge in [-0.15, -0.1) is 0 Å². The van der Waals surface area contributed by atoms with Gasteiger partial charge in [-0.2, -0.15) is 0 Å². The maximum Gasteiger partial charge on any atom is 0.303 e. The lowest BCUT2D eigenvalue weighted by Crippen LogP contribution is -2.00. The fraction of sp³-hybridized carbons (Fsp3) is 0.692. The molecule has 0 atom stereocenters. The molecule has 0 unspecified atom stereocenters. The first-order chi connectivity index (χ1) is 7.90. The largest absolute Gasteiger partial charge is 0.481 e. The highest BCUT2D eigenvalue weighted by Gasteiger charge is 2.14. The molecule has 17 heavy (non-hydrogen) atoms. The number of carbonyl (C=O) groups is 1. The number of carboxylic acid groups (broad SMARTS) is 1. The molecule has 0 aliphatic carbocycles. The maximum atomic E-state index is 10.5. The lowest BCUT2D eigenvalue weighted by molar-refractivity contribution is -0.137. The van der Waals surface area contributed by atoms with Crippen molar-refractivity contribution >= 4 is 5.97 Å². The fourth-order valence-corrected chi connectivity index (χ4v) is 1.86. The molecule has 0 aromatic carbocycles. The van der Waals surface area contributed by atoms with Crippen LogP contribution < -0.4 is 0 Å². The molecule has 96 valence electrons. The molecule has 4 heteroatoms. The lowest BCUT2D eigenvalue weighted by Gasteiger charge is -2.07. The van der Waals surface area contributed by atoms with E-state index in [0.717, 1.165) is 23.6 Å². The second kappa shape index (κ2) is 5.84. The number of aromatic amines is 1. The van der Waals surface area contributed by atoms with Crippen LogP contribution in [0, 0.1) is 5.92 Å². The summed E-state index contributed by atoms with van der Waals surface area (Å²) in [6, 6.07) is 0. The average molecular weight is 238 g/mol. The van der Waals surface area contributed by atoms with Crippen molar-refractivity contribution < 1.29 is 9.90 Å². The first kappa shape index (κ1) is 13.7. The number of nitrogens with one attached hydrogen (secondary N) is 1. The number of aliphatic carboxylic acids is 1. The van der Waals surface area contributed by atoms with Crippen molar-refractivity contribution in [2.75, 3.05) is 0 Å². The lowest BCUT2D eigenvalue weighted by atomic mass is 10.0. The molecule has 4 nitrogen and oxygen atoms in total. The molecule has 1 aromatic rings. The quantitative estimate of drug-likeness (QED) is 0.800. The molecule has 0 amide bonds. The Morgan fingerprint density at radius 2 is 2.00 bits per heavy atom.